The maximum atomic E-state index is 12.9. The van der Waals surface area contributed by atoms with Crippen molar-refractivity contribution in [2.24, 2.45) is 17.8 Å². The molecule has 3 rings (SSSR count). The number of piperidine rings is 2. The highest BCUT2D eigenvalue weighted by Gasteiger charge is 2.31. The van der Waals surface area contributed by atoms with Crippen molar-refractivity contribution in [3.8, 4) is 0 Å². The molecule has 33 heavy (non-hydrogen) atoms. The molecule has 186 valence electrons. The smallest absolute Gasteiger partial charge is 0.307 e. The lowest BCUT2D eigenvalue weighted by Gasteiger charge is -2.33. The predicted octanol–water partition coefficient (Wildman–Crippen LogP) is 1.62. The number of carboxylic acids is 1. The number of nitrogens with zero attached hydrogens (tertiary/aromatic N) is 1. The number of rotatable bonds is 9. The topological polar surface area (TPSA) is 128 Å². The van der Waals surface area contributed by atoms with Gasteiger partial charge in [-0.15, -0.1) is 0 Å². The third kappa shape index (κ3) is 8.28. The van der Waals surface area contributed by atoms with Crippen LogP contribution in [0.2, 0.25) is 0 Å². The minimum Gasteiger partial charge on any atom is -0.481 e. The van der Waals surface area contributed by atoms with E-state index < -0.39 is 12.1 Å². The minimum absolute atomic E-state index is 0.0960. The Balaban J connectivity index is 1.48. The number of aliphatic carboxylic acids is 1. The second kappa shape index (κ2) is 12.9. The van der Waals surface area contributed by atoms with Crippen LogP contribution >= 0.6 is 0 Å². The molecule has 1 aliphatic carbocycles. The van der Waals surface area contributed by atoms with Crippen molar-refractivity contribution in [3.05, 3.63) is 0 Å². The van der Waals surface area contributed by atoms with E-state index in [1.807, 2.05) is 0 Å². The molecule has 3 fully saturated rings. The third-order valence-electron chi connectivity index (χ3n) is 7.36. The molecule has 4 N–H and O–H groups in total. The van der Waals surface area contributed by atoms with E-state index in [1.54, 1.807) is 4.90 Å². The van der Waals surface area contributed by atoms with Gasteiger partial charge in [-0.3, -0.25) is 19.2 Å². The lowest BCUT2D eigenvalue weighted by Crippen LogP contribution is -2.54. The number of carbonyl (C=O) groups is 4. The molecular formula is C24H40N4O5. The molecule has 9 nitrogen and oxygen atoms in total. The van der Waals surface area contributed by atoms with E-state index in [9.17, 15) is 24.3 Å². The number of carboxylic acid groups (broad SMARTS) is 1. The third-order valence-corrected chi connectivity index (χ3v) is 7.36. The molecule has 3 amide bonds. The minimum atomic E-state index is -1.08. The maximum absolute atomic E-state index is 12.9. The Kier molecular flexibility index (Phi) is 9.96. The fraction of sp³-hybridized carbons (Fsp3) is 0.833. The first kappa shape index (κ1) is 25.5. The van der Waals surface area contributed by atoms with Crippen molar-refractivity contribution >= 4 is 23.7 Å². The molecule has 2 atom stereocenters. The maximum Gasteiger partial charge on any atom is 0.307 e. The molecule has 2 heterocycles. The average Bonchev–Trinajstić information content (AvgIpc) is 2.83. The molecule has 1 saturated carbocycles. The van der Waals surface area contributed by atoms with Crippen molar-refractivity contribution in [1.82, 2.24) is 20.9 Å². The summed E-state index contributed by atoms with van der Waals surface area (Å²) < 4.78 is 0. The second-order valence-corrected chi connectivity index (χ2v) is 9.91. The van der Waals surface area contributed by atoms with Crippen LogP contribution < -0.4 is 16.0 Å². The number of likely N-dealkylation sites (tertiary alicyclic amines) is 1. The number of amides is 3. The number of hydrogen-bond acceptors (Lipinski definition) is 5. The van der Waals surface area contributed by atoms with E-state index >= 15 is 0 Å². The van der Waals surface area contributed by atoms with Crippen molar-refractivity contribution in [1.29, 1.82) is 0 Å². The van der Waals surface area contributed by atoms with Gasteiger partial charge in [0.2, 0.25) is 17.7 Å². The number of nitrogens with one attached hydrogen (secondary N) is 3. The van der Waals surface area contributed by atoms with Crippen LogP contribution in [-0.4, -0.2) is 66.0 Å². The van der Waals surface area contributed by atoms with Gasteiger partial charge in [0.05, 0.1) is 12.3 Å². The Morgan fingerprint density at radius 2 is 1.52 bits per heavy atom. The highest BCUT2D eigenvalue weighted by molar-refractivity contribution is 5.84. The van der Waals surface area contributed by atoms with Crippen LogP contribution in [-0.2, 0) is 19.2 Å². The molecule has 3 aliphatic rings. The van der Waals surface area contributed by atoms with Crippen molar-refractivity contribution in [3.63, 3.8) is 0 Å². The highest BCUT2D eigenvalue weighted by Crippen LogP contribution is 2.24. The summed E-state index contributed by atoms with van der Waals surface area (Å²) in [6.07, 6.45) is 8.43. The van der Waals surface area contributed by atoms with Gasteiger partial charge in [-0.1, -0.05) is 19.3 Å². The zero-order valence-electron chi connectivity index (χ0n) is 19.7. The van der Waals surface area contributed by atoms with Gasteiger partial charge in [0, 0.05) is 25.4 Å². The Hall–Kier alpha value is -2.16. The second-order valence-electron chi connectivity index (χ2n) is 9.91. The Morgan fingerprint density at radius 3 is 2.18 bits per heavy atom. The Labute approximate surface area is 196 Å². The van der Waals surface area contributed by atoms with E-state index in [2.05, 4.69) is 16.0 Å². The molecule has 0 unspecified atom stereocenters. The fourth-order valence-electron chi connectivity index (χ4n) is 5.33. The standard InChI is InChI=1S/C24H40N4O5/c29-21(9-8-17-10-12-25-13-11-17)28-14-4-7-19(16-28)24(33)27-20(15-22(30)31)26-23(32)18-5-2-1-3-6-18/h17-20,25H,1-16H2,(H,26,32)(H,27,33)(H,30,31)/t19-,20-/m1/s1. The summed E-state index contributed by atoms with van der Waals surface area (Å²) in [6.45, 7) is 3.04. The normalized spacial score (nSPS) is 23.5. The van der Waals surface area contributed by atoms with Crippen LogP contribution in [0.3, 0.4) is 0 Å². The van der Waals surface area contributed by atoms with Gasteiger partial charge in [-0.2, -0.15) is 0 Å². The summed E-state index contributed by atoms with van der Waals surface area (Å²) in [5.74, 6) is -1.37. The molecule has 0 aromatic rings. The monoisotopic (exact) mass is 464 g/mol. The van der Waals surface area contributed by atoms with Gasteiger partial charge in [0.25, 0.3) is 0 Å². The van der Waals surface area contributed by atoms with Crippen LogP contribution in [0, 0.1) is 17.8 Å². The summed E-state index contributed by atoms with van der Waals surface area (Å²) in [7, 11) is 0. The van der Waals surface area contributed by atoms with Crippen LogP contribution in [0.5, 0.6) is 0 Å². The first-order chi connectivity index (χ1) is 15.9. The van der Waals surface area contributed by atoms with E-state index in [1.165, 1.54) is 0 Å². The Bertz CT molecular complexity index is 688. The summed E-state index contributed by atoms with van der Waals surface area (Å²) in [6, 6.07) is 0. The van der Waals surface area contributed by atoms with Gasteiger partial charge in [0.1, 0.15) is 6.17 Å². The molecule has 0 aromatic carbocycles. The lowest BCUT2D eigenvalue weighted by molar-refractivity contribution is -0.138. The van der Waals surface area contributed by atoms with Gasteiger partial charge in [0.15, 0.2) is 0 Å². The summed E-state index contributed by atoms with van der Waals surface area (Å²) in [4.78, 5) is 51.3. The number of carbonyl (C=O) groups excluding carboxylic acids is 3. The first-order valence-electron chi connectivity index (χ1n) is 12.7. The molecule has 0 aromatic heterocycles. The van der Waals surface area contributed by atoms with Gasteiger partial charge >= 0.3 is 5.97 Å². The molecule has 0 bridgehead atoms. The van der Waals surface area contributed by atoms with Gasteiger partial charge in [-0.05, 0) is 64.0 Å². The van der Waals surface area contributed by atoms with Gasteiger partial charge in [-0.25, -0.2) is 0 Å². The van der Waals surface area contributed by atoms with Crippen LogP contribution in [0.25, 0.3) is 0 Å². The van der Waals surface area contributed by atoms with Gasteiger partial charge < -0.3 is 26.0 Å². The summed E-state index contributed by atoms with van der Waals surface area (Å²) >= 11 is 0. The Morgan fingerprint density at radius 1 is 0.879 bits per heavy atom. The molecule has 2 saturated heterocycles. The van der Waals surface area contributed by atoms with E-state index in [4.69, 9.17) is 0 Å². The van der Waals surface area contributed by atoms with Crippen LogP contribution in [0.1, 0.15) is 77.0 Å². The lowest BCUT2D eigenvalue weighted by atomic mass is 9.88. The largest absolute Gasteiger partial charge is 0.481 e. The number of hydrogen-bond donors (Lipinski definition) is 4. The van der Waals surface area contributed by atoms with E-state index in [0.717, 1.165) is 70.9 Å². The molecule has 9 heteroatoms. The highest BCUT2D eigenvalue weighted by atomic mass is 16.4. The average molecular weight is 465 g/mol. The van der Waals surface area contributed by atoms with Crippen molar-refractivity contribution in [2.45, 2.75) is 83.2 Å². The molecule has 0 spiro atoms. The SMILES string of the molecule is O=C(O)C[C@H](NC(=O)C1CCCCC1)NC(=O)[C@@H]1CCCN(C(=O)CCC2CCNCC2)C1. The zero-order valence-corrected chi connectivity index (χ0v) is 19.7. The molecule has 0 radical (unpaired) electrons. The molecular weight excluding hydrogens is 424 g/mol. The fourth-order valence-corrected chi connectivity index (χ4v) is 5.33. The summed E-state index contributed by atoms with van der Waals surface area (Å²) in [5.41, 5.74) is 0. The van der Waals surface area contributed by atoms with Crippen molar-refractivity contribution < 1.29 is 24.3 Å². The van der Waals surface area contributed by atoms with Crippen molar-refractivity contribution in [2.75, 3.05) is 26.2 Å². The van der Waals surface area contributed by atoms with Crippen LogP contribution in [0.4, 0.5) is 0 Å². The predicted molar refractivity (Wildman–Crippen MR) is 123 cm³/mol. The van der Waals surface area contributed by atoms with E-state index in [0.29, 0.717) is 31.8 Å². The first-order valence-corrected chi connectivity index (χ1v) is 12.7. The quantitative estimate of drug-likeness (QED) is 0.384. The van der Waals surface area contributed by atoms with E-state index in [-0.39, 0.29) is 36.0 Å². The van der Waals surface area contributed by atoms with Crippen LogP contribution in [0.15, 0.2) is 0 Å². The summed E-state index contributed by atoms with van der Waals surface area (Å²) in [5, 5.41) is 18.1. The molecule has 2 aliphatic heterocycles. The zero-order chi connectivity index (χ0) is 23.6.